The van der Waals surface area contributed by atoms with E-state index in [1.807, 2.05) is 18.9 Å². The van der Waals surface area contributed by atoms with Crippen LogP contribution in [0.25, 0.3) is 0 Å². The Bertz CT molecular complexity index is 1160. The van der Waals surface area contributed by atoms with Crippen molar-refractivity contribution < 1.29 is 18.6 Å². The maximum absolute atomic E-state index is 14.0. The second kappa shape index (κ2) is 9.41. The van der Waals surface area contributed by atoms with Gasteiger partial charge in [0.1, 0.15) is 11.9 Å². The van der Waals surface area contributed by atoms with Gasteiger partial charge in [0.2, 0.25) is 5.95 Å². The maximum Gasteiger partial charge on any atom is 0.225 e. The summed E-state index contributed by atoms with van der Waals surface area (Å²) in [5.74, 6) is -0.513. The Hall–Kier alpha value is -3.47. The van der Waals surface area contributed by atoms with Crippen molar-refractivity contribution >= 4 is 17.5 Å². The number of hydrogen-bond donors (Lipinski definition) is 3. The van der Waals surface area contributed by atoms with E-state index in [0.717, 1.165) is 17.1 Å². The number of benzene rings is 1. The van der Waals surface area contributed by atoms with Crippen LogP contribution in [0.1, 0.15) is 30.7 Å². The molecule has 1 unspecified atom stereocenters. The molecule has 1 aliphatic rings. The number of aliphatic hydroxyl groups excluding tert-OH is 1. The lowest BCUT2D eigenvalue weighted by molar-refractivity contribution is 0.142. The third-order valence-corrected chi connectivity index (χ3v) is 5.89. The van der Waals surface area contributed by atoms with E-state index >= 15 is 0 Å². The highest BCUT2D eigenvalue weighted by atomic mass is 19.1. The summed E-state index contributed by atoms with van der Waals surface area (Å²) in [6.45, 7) is 6.59. The van der Waals surface area contributed by atoms with Crippen molar-refractivity contribution in [2.45, 2.75) is 46.1 Å². The van der Waals surface area contributed by atoms with Crippen LogP contribution >= 0.6 is 0 Å². The number of anilines is 3. The van der Waals surface area contributed by atoms with Gasteiger partial charge in [-0.15, -0.1) is 0 Å². The molecular formula is C23H29F2N7O2. The Labute approximate surface area is 196 Å². The van der Waals surface area contributed by atoms with Crippen LogP contribution in [0.2, 0.25) is 0 Å². The molecule has 2 aromatic heterocycles. The number of halogens is 2. The molecule has 0 aliphatic carbocycles. The molecule has 0 fully saturated rings. The fraction of sp³-hybridized carbons (Fsp3) is 0.435. The van der Waals surface area contributed by atoms with Crippen LogP contribution in [0.15, 0.2) is 24.5 Å². The molecule has 0 amide bonds. The number of rotatable bonds is 7. The number of likely N-dealkylation sites (N-methyl/N-ethyl adjacent to an activating group) is 1. The number of fused-ring (bicyclic) bond motifs is 1. The molecule has 0 spiro atoms. The van der Waals surface area contributed by atoms with E-state index in [1.165, 1.54) is 19.2 Å². The van der Waals surface area contributed by atoms with Gasteiger partial charge in [-0.25, -0.2) is 13.8 Å². The van der Waals surface area contributed by atoms with E-state index in [0.29, 0.717) is 23.7 Å². The number of aromatic nitrogens is 4. The van der Waals surface area contributed by atoms with Gasteiger partial charge in [-0.3, -0.25) is 4.68 Å². The first kappa shape index (κ1) is 23.7. The minimum absolute atomic E-state index is 0.125. The lowest BCUT2D eigenvalue weighted by Gasteiger charge is -2.41. The Morgan fingerprint density at radius 3 is 2.56 bits per heavy atom. The summed E-state index contributed by atoms with van der Waals surface area (Å²) < 4.78 is 34.2. The lowest BCUT2D eigenvalue weighted by Crippen LogP contribution is -2.52. The lowest BCUT2D eigenvalue weighted by atomic mass is 9.98. The SMILES string of the molecule is COc1c(F)cc(Cn2cc(CNc3nc(C)c4c(n3)N(C)[C@@H](C(C)C)C(O)N4)cn2)cc1F. The number of nitrogens with one attached hydrogen (secondary N) is 2. The summed E-state index contributed by atoms with van der Waals surface area (Å²) in [4.78, 5) is 11.1. The van der Waals surface area contributed by atoms with Gasteiger partial charge in [0.25, 0.3) is 0 Å². The summed E-state index contributed by atoms with van der Waals surface area (Å²) in [5, 5.41) is 21.1. The van der Waals surface area contributed by atoms with Gasteiger partial charge in [0.15, 0.2) is 23.2 Å². The van der Waals surface area contributed by atoms with Gasteiger partial charge < -0.3 is 25.4 Å². The first-order chi connectivity index (χ1) is 16.2. The highest BCUT2D eigenvalue weighted by Crippen LogP contribution is 2.35. The van der Waals surface area contributed by atoms with E-state index < -0.39 is 23.6 Å². The smallest absolute Gasteiger partial charge is 0.225 e. The summed E-state index contributed by atoms with van der Waals surface area (Å²) in [6, 6.07) is 2.34. The zero-order valence-corrected chi connectivity index (χ0v) is 19.8. The first-order valence-electron chi connectivity index (χ1n) is 11.0. The molecule has 0 bridgehead atoms. The number of nitrogens with zero attached hydrogens (tertiary/aromatic N) is 5. The molecular weight excluding hydrogens is 444 g/mol. The largest absolute Gasteiger partial charge is 0.491 e. The molecule has 3 aromatic rings. The number of aliphatic hydroxyl groups is 1. The molecule has 0 radical (unpaired) electrons. The minimum Gasteiger partial charge on any atom is -0.491 e. The highest BCUT2D eigenvalue weighted by molar-refractivity contribution is 5.72. The number of hydrogen-bond acceptors (Lipinski definition) is 8. The monoisotopic (exact) mass is 473 g/mol. The molecule has 11 heteroatoms. The van der Waals surface area contributed by atoms with Crippen molar-refractivity contribution in [1.82, 2.24) is 19.7 Å². The molecule has 1 aliphatic heterocycles. The molecule has 0 saturated heterocycles. The van der Waals surface area contributed by atoms with Crippen LogP contribution in [-0.4, -0.2) is 51.3 Å². The summed E-state index contributed by atoms with van der Waals surface area (Å²) in [5.41, 5.74) is 2.73. The standard InChI is InChI=1S/C23H29F2N7O2/c1-12(2)19-22(33)29-18-13(3)28-23(30-21(18)31(19)4)26-8-15-9-27-32(11-15)10-14-6-16(24)20(34-5)17(25)7-14/h6-7,9,11-12,19,22,29,33H,8,10H2,1-5H3,(H,26,28,30)/t19-,22?/m0/s1. The third kappa shape index (κ3) is 4.60. The van der Waals surface area contributed by atoms with Crippen LogP contribution < -0.4 is 20.3 Å². The van der Waals surface area contributed by atoms with Crippen molar-refractivity contribution in [3.05, 3.63) is 53.0 Å². The quantitative estimate of drug-likeness (QED) is 0.481. The predicted molar refractivity (Wildman–Crippen MR) is 125 cm³/mol. The van der Waals surface area contributed by atoms with E-state index in [2.05, 4.69) is 39.5 Å². The van der Waals surface area contributed by atoms with E-state index in [-0.39, 0.29) is 18.5 Å². The van der Waals surface area contributed by atoms with Crippen molar-refractivity contribution in [3.63, 3.8) is 0 Å². The highest BCUT2D eigenvalue weighted by Gasteiger charge is 2.35. The molecule has 182 valence electrons. The topological polar surface area (TPSA) is 100 Å². The first-order valence-corrected chi connectivity index (χ1v) is 11.0. The van der Waals surface area contributed by atoms with Crippen molar-refractivity contribution in [1.29, 1.82) is 0 Å². The van der Waals surface area contributed by atoms with Crippen molar-refractivity contribution in [2.24, 2.45) is 5.92 Å². The van der Waals surface area contributed by atoms with Crippen molar-refractivity contribution in [3.8, 4) is 5.75 Å². The second-order valence-electron chi connectivity index (χ2n) is 8.76. The summed E-state index contributed by atoms with van der Waals surface area (Å²) in [7, 11) is 3.14. The molecule has 4 rings (SSSR count). The fourth-order valence-electron chi connectivity index (χ4n) is 4.31. The third-order valence-electron chi connectivity index (χ3n) is 5.89. The van der Waals surface area contributed by atoms with Crippen molar-refractivity contribution in [2.75, 3.05) is 29.7 Å². The average Bonchev–Trinajstić information content (AvgIpc) is 3.20. The Kier molecular flexibility index (Phi) is 6.56. The Morgan fingerprint density at radius 1 is 1.21 bits per heavy atom. The normalized spacial score (nSPS) is 17.5. The van der Waals surface area contributed by atoms with Crippen LogP contribution in [0.5, 0.6) is 5.75 Å². The molecule has 0 saturated carbocycles. The van der Waals surface area contributed by atoms with Crippen LogP contribution in [0.3, 0.4) is 0 Å². The van der Waals surface area contributed by atoms with Crippen LogP contribution in [0, 0.1) is 24.5 Å². The Balaban J connectivity index is 1.46. The average molecular weight is 474 g/mol. The van der Waals surface area contributed by atoms with E-state index in [1.54, 1.807) is 17.1 Å². The molecule has 2 atom stereocenters. The summed E-state index contributed by atoms with van der Waals surface area (Å²) in [6.07, 6.45) is 2.75. The van der Waals surface area contributed by atoms with Gasteiger partial charge in [-0.2, -0.15) is 10.1 Å². The maximum atomic E-state index is 14.0. The number of ether oxygens (including phenoxy) is 1. The van der Waals surface area contributed by atoms with Gasteiger partial charge >= 0.3 is 0 Å². The minimum atomic E-state index is -0.752. The molecule has 1 aromatic carbocycles. The predicted octanol–water partition coefficient (Wildman–Crippen LogP) is 3.13. The summed E-state index contributed by atoms with van der Waals surface area (Å²) >= 11 is 0. The van der Waals surface area contributed by atoms with Gasteiger partial charge in [-0.05, 0) is 30.5 Å². The second-order valence-corrected chi connectivity index (χ2v) is 8.76. The number of methoxy groups -OCH3 is 1. The van der Waals surface area contributed by atoms with E-state index in [9.17, 15) is 13.9 Å². The zero-order valence-electron chi connectivity index (χ0n) is 19.8. The number of aryl methyl sites for hydroxylation is 1. The van der Waals surface area contributed by atoms with Gasteiger partial charge in [0.05, 0.1) is 31.6 Å². The molecule has 34 heavy (non-hydrogen) atoms. The zero-order chi connectivity index (χ0) is 24.6. The van der Waals surface area contributed by atoms with Gasteiger partial charge in [-0.1, -0.05) is 13.8 Å². The molecule has 9 nitrogen and oxygen atoms in total. The Morgan fingerprint density at radius 2 is 1.91 bits per heavy atom. The molecule has 3 heterocycles. The fourth-order valence-corrected chi connectivity index (χ4v) is 4.31. The van der Waals surface area contributed by atoms with Gasteiger partial charge in [0, 0.05) is 25.4 Å². The van der Waals surface area contributed by atoms with E-state index in [4.69, 9.17) is 4.74 Å². The molecule has 3 N–H and O–H groups in total. The van der Waals surface area contributed by atoms with Crippen LogP contribution in [0.4, 0.5) is 26.2 Å². The van der Waals surface area contributed by atoms with Crippen LogP contribution in [-0.2, 0) is 13.1 Å².